The van der Waals surface area contributed by atoms with Crippen molar-refractivity contribution in [3.63, 3.8) is 0 Å². The largest absolute Gasteiger partial charge is 0.508 e. The van der Waals surface area contributed by atoms with Crippen LogP contribution < -0.4 is 15.0 Å². The van der Waals surface area contributed by atoms with Gasteiger partial charge in [-0.15, -0.1) is 6.42 Å². The molecule has 2 aromatic carbocycles. The zero-order valence-electron chi connectivity index (χ0n) is 14.3. The molecule has 1 heterocycles. The fourth-order valence-corrected chi connectivity index (χ4v) is 3.01. The number of nitrogens with zero attached hydrogens (tertiary/aromatic N) is 1. The molecular formula is C20H13BrN2O5. The molecule has 1 saturated heterocycles. The van der Waals surface area contributed by atoms with E-state index in [1.807, 2.05) is 0 Å². The number of barbiturate groups is 1. The number of hydrogen-bond acceptors (Lipinski definition) is 5. The summed E-state index contributed by atoms with van der Waals surface area (Å²) in [5, 5.41) is 11.5. The number of halogens is 1. The number of ether oxygens (including phenoxy) is 1. The van der Waals surface area contributed by atoms with Gasteiger partial charge in [0.15, 0.2) is 0 Å². The summed E-state index contributed by atoms with van der Waals surface area (Å²) in [6, 6.07) is 9.54. The number of hydrogen-bond donors (Lipinski definition) is 2. The van der Waals surface area contributed by atoms with E-state index in [9.17, 15) is 19.5 Å². The molecule has 1 aliphatic rings. The van der Waals surface area contributed by atoms with E-state index < -0.39 is 17.8 Å². The zero-order valence-corrected chi connectivity index (χ0v) is 15.9. The van der Waals surface area contributed by atoms with Gasteiger partial charge in [0.1, 0.15) is 23.7 Å². The second-order valence-electron chi connectivity index (χ2n) is 5.66. The minimum atomic E-state index is -0.864. The lowest BCUT2D eigenvalue weighted by Gasteiger charge is -2.26. The zero-order chi connectivity index (χ0) is 20.3. The van der Waals surface area contributed by atoms with E-state index in [1.54, 1.807) is 18.2 Å². The monoisotopic (exact) mass is 440 g/mol. The van der Waals surface area contributed by atoms with Gasteiger partial charge in [-0.05, 0) is 64.0 Å². The van der Waals surface area contributed by atoms with Gasteiger partial charge >= 0.3 is 6.03 Å². The predicted octanol–water partition coefficient (Wildman–Crippen LogP) is 2.83. The fraction of sp³-hybridized carbons (Fsp3) is 0.0500. The van der Waals surface area contributed by atoms with Crippen LogP contribution in [0.3, 0.4) is 0 Å². The third-order valence-corrected chi connectivity index (χ3v) is 4.41. The van der Waals surface area contributed by atoms with Gasteiger partial charge in [0.05, 0.1) is 10.2 Å². The summed E-state index contributed by atoms with van der Waals surface area (Å²) in [5.74, 6) is 1.28. The van der Waals surface area contributed by atoms with Gasteiger partial charge in [0, 0.05) is 0 Å². The van der Waals surface area contributed by atoms with Crippen molar-refractivity contribution in [2.75, 3.05) is 11.5 Å². The molecule has 8 heteroatoms. The number of carbonyl (C=O) groups excluding carboxylic acids is 3. The molecule has 3 rings (SSSR count). The van der Waals surface area contributed by atoms with E-state index in [0.717, 1.165) is 4.90 Å². The topological polar surface area (TPSA) is 95.9 Å². The van der Waals surface area contributed by atoms with Crippen LogP contribution in [0.5, 0.6) is 11.5 Å². The van der Waals surface area contributed by atoms with Crippen LogP contribution in [0.1, 0.15) is 5.56 Å². The molecule has 0 spiro atoms. The van der Waals surface area contributed by atoms with Gasteiger partial charge in [0.2, 0.25) is 0 Å². The van der Waals surface area contributed by atoms with Crippen molar-refractivity contribution < 1.29 is 24.2 Å². The van der Waals surface area contributed by atoms with Crippen LogP contribution >= 0.6 is 15.9 Å². The number of amides is 4. The maximum Gasteiger partial charge on any atom is 0.335 e. The van der Waals surface area contributed by atoms with Crippen LogP contribution in [-0.4, -0.2) is 29.6 Å². The SMILES string of the molecule is C#CCOc1ccc(/C=C2\C(=O)NC(=O)N(c3ccc(O)cc3)C2=O)cc1Br. The van der Waals surface area contributed by atoms with E-state index in [1.165, 1.54) is 30.3 Å². The van der Waals surface area contributed by atoms with Crippen LogP contribution in [-0.2, 0) is 9.59 Å². The van der Waals surface area contributed by atoms with Gasteiger partial charge in [0.25, 0.3) is 11.8 Å². The maximum atomic E-state index is 12.8. The number of terminal acetylenes is 1. The summed E-state index contributed by atoms with van der Waals surface area (Å²) < 4.78 is 5.94. The van der Waals surface area contributed by atoms with Crippen LogP contribution in [0.25, 0.3) is 6.08 Å². The molecule has 1 aliphatic heterocycles. The smallest absolute Gasteiger partial charge is 0.335 e. The molecule has 0 radical (unpaired) electrons. The first-order valence-corrected chi connectivity index (χ1v) is 8.76. The highest BCUT2D eigenvalue weighted by Gasteiger charge is 2.36. The van der Waals surface area contributed by atoms with Crippen LogP contribution in [0, 0.1) is 12.3 Å². The van der Waals surface area contributed by atoms with Crippen molar-refractivity contribution in [3.05, 3.63) is 58.1 Å². The molecular weight excluding hydrogens is 428 g/mol. The summed E-state index contributed by atoms with van der Waals surface area (Å²) >= 11 is 3.34. The number of carbonyl (C=O) groups is 3. The molecule has 2 N–H and O–H groups in total. The molecule has 1 fully saturated rings. The Labute approximate surface area is 168 Å². The fourth-order valence-electron chi connectivity index (χ4n) is 2.50. The van der Waals surface area contributed by atoms with E-state index in [4.69, 9.17) is 11.2 Å². The normalized spacial score (nSPS) is 15.4. The Kier molecular flexibility index (Phi) is 5.47. The minimum absolute atomic E-state index is 0.0162. The molecule has 0 bridgehead atoms. The number of benzene rings is 2. The van der Waals surface area contributed by atoms with Gasteiger partial charge in [-0.1, -0.05) is 12.0 Å². The highest BCUT2D eigenvalue weighted by molar-refractivity contribution is 9.10. The lowest BCUT2D eigenvalue weighted by molar-refractivity contribution is -0.122. The van der Waals surface area contributed by atoms with Crippen molar-refractivity contribution in [1.82, 2.24) is 5.32 Å². The molecule has 4 amide bonds. The average molecular weight is 441 g/mol. The standard InChI is InChI=1S/C20H13BrN2O5/c1-2-9-28-17-8-3-12(11-16(17)21)10-15-18(25)22-20(27)23(19(15)26)13-4-6-14(24)7-5-13/h1,3-8,10-11,24H,9H2,(H,22,25,27)/b15-10+. The first-order valence-electron chi connectivity index (χ1n) is 7.97. The maximum absolute atomic E-state index is 12.8. The Bertz CT molecular complexity index is 1040. The van der Waals surface area contributed by atoms with E-state index in [2.05, 4.69) is 27.2 Å². The molecule has 28 heavy (non-hydrogen) atoms. The Balaban J connectivity index is 1.94. The van der Waals surface area contributed by atoms with Crippen molar-refractivity contribution in [3.8, 4) is 23.8 Å². The van der Waals surface area contributed by atoms with Gasteiger partial charge < -0.3 is 9.84 Å². The quantitative estimate of drug-likeness (QED) is 0.432. The third kappa shape index (κ3) is 3.89. The molecule has 2 aromatic rings. The van der Waals surface area contributed by atoms with Gasteiger partial charge in [-0.2, -0.15) is 0 Å². The van der Waals surface area contributed by atoms with Crippen LogP contribution in [0.4, 0.5) is 10.5 Å². The Hall–Kier alpha value is -3.57. The van der Waals surface area contributed by atoms with Crippen LogP contribution in [0.2, 0.25) is 0 Å². The molecule has 0 aromatic heterocycles. The Morgan fingerprint density at radius 1 is 1.18 bits per heavy atom. The van der Waals surface area contributed by atoms with Crippen molar-refractivity contribution in [2.24, 2.45) is 0 Å². The number of anilines is 1. The highest BCUT2D eigenvalue weighted by Crippen LogP contribution is 2.28. The second kappa shape index (κ2) is 7.98. The number of aromatic hydroxyl groups is 1. The third-order valence-electron chi connectivity index (χ3n) is 3.79. The number of imide groups is 2. The molecule has 0 unspecified atom stereocenters. The summed E-state index contributed by atoms with van der Waals surface area (Å²) in [6.07, 6.45) is 6.53. The van der Waals surface area contributed by atoms with E-state index in [0.29, 0.717) is 15.8 Å². The summed E-state index contributed by atoms with van der Waals surface area (Å²) in [5.41, 5.74) is 0.549. The predicted molar refractivity (Wildman–Crippen MR) is 106 cm³/mol. The van der Waals surface area contributed by atoms with E-state index in [-0.39, 0.29) is 23.6 Å². The number of phenolic OH excluding ortho intramolecular Hbond substituents is 1. The van der Waals surface area contributed by atoms with E-state index >= 15 is 0 Å². The first kappa shape index (κ1) is 19.2. The average Bonchev–Trinajstić information content (AvgIpc) is 2.66. The van der Waals surface area contributed by atoms with Gasteiger partial charge in [-0.3, -0.25) is 14.9 Å². The summed E-state index contributed by atoms with van der Waals surface area (Å²) in [7, 11) is 0. The Morgan fingerprint density at radius 2 is 1.89 bits per heavy atom. The lowest BCUT2D eigenvalue weighted by Crippen LogP contribution is -2.54. The highest BCUT2D eigenvalue weighted by atomic mass is 79.9. The molecule has 140 valence electrons. The van der Waals surface area contributed by atoms with Crippen molar-refractivity contribution >= 4 is 45.5 Å². The van der Waals surface area contributed by atoms with Crippen molar-refractivity contribution in [1.29, 1.82) is 0 Å². The summed E-state index contributed by atoms with van der Waals surface area (Å²) in [4.78, 5) is 37.9. The first-order chi connectivity index (χ1) is 13.4. The number of rotatable bonds is 4. The Morgan fingerprint density at radius 3 is 2.54 bits per heavy atom. The molecule has 0 atom stereocenters. The molecule has 0 saturated carbocycles. The molecule has 0 aliphatic carbocycles. The summed E-state index contributed by atoms with van der Waals surface area (Å²) in [6.45, 7) is 0.101. The number of phenols is 1. The van der Waals surface area contributed by atoms with Crippen molar-refractivity contribution in [2.45, 2.75) is 0 Å². The molecule has 7 nitrogen and oxygen atoms in total. The van der Waals surface area contributed by atoms with Gasteiger partial charge in [-0.25, -0.2) is 9.69 Å². The lowest BCUT2D eigenvalue weighted by atomic mass is 10.1. The van der Waals surface area contributed by atoms with Crippen LogP contribution in [0.15, 0.2) is 52.5 Å². The number of nitrogens with one attached hydrogen (secondary N) is 1. The minimum Gasteiger partial charge on any atom is -0.508 e. The number of urea groups is 1. The second-order valence-corrected chi connectivity index (χ2v) is 6.51.